The summed E-state index contributed by atoms with van der Waals surface area (Å²) in [5.74, 6) is 2.29. The smallest absolute Gasteiger partial charge is 0.142 e. The van der Waals surface area contributed by atoms with Gasteiger partial charge in [0.25, 0.3) is 0 Å². The second-order valence-electron chi connectivity index (χ2n) is 7.31. The maximum absolute atomic E-state index is 12.6. The van der Waals surface area contributed by atoms with Crippen LogP contribution in [0.15, 0.2) is 0 Å². The van der Waals surface area contributed by atoms with Crippen molar-refractivity contribution in [3.63, 3.8) is 0 Å². The minimum absolute atomic E-state index is 0.154. The van der Waals surface area contributed by atoms with Crippen LogP contribution in [0.1, 0.15) is 47.0 Å². The molecule has 0 heterocycles. The molecule has 5 atom stereocenters. The molecule has 0 spiro atoms. The van der Waals surface area contributed by atoms with Gasteiger partial charge in [-0.25, -0.2) is 0 Å². The first-order valence-electron chi connectivity index (χ1n) is 6.88. The fourth-order valence-electron chi connectivity index (χ4n) is 5.08. The predicted molar refractivity (Wildman–Crippen MR) is 65.4 cm³/mol. The zero-order valence-electron chi connectivity index (χ0n) is 11.2. The molecular weight excluding hydrogens is 212 g/mol. The number of hydrogen-bond donors (Lipinski definition) is 0. The van der Waals surface area contributed by atoms with Crippen molar-refractivity contribution in [3.05, 3.63) is 0 Å². The van der Waals surface area contributed by atoms with E-state index < -0.39 is 0 Å². The SMILES string of the molecule is CC(C)[C@H]1C[C@H]2[C@@]3(C)C[C@@H]1C(=O)[C@]2(C)CC3=O. The molecule has 0 aromatic rings. The number of fused-ring (bicyclic) bond motifs is 1. The molecule has 2 nitrogen and oxygen atoms in total. The average molecular weight is 234 g/mol. The summed E-state index contributed by atoms with van der Waals surface area (Å²) in [4.78, 5) is 24.9. The Hall–Kier alpha value is -0.660. The number of carbonyl (C=O) groups is 2. The Morgan fingerprint density at radius 2 is 1.82 bits per heavy atom. The molecule has 0 unspecified atom stereocenters. The molecule has 4 fully saturated rings. The lowest BCUT2D eigenvalue weighted by Gasteiger charge is -2.55. The van der Waals surface area contributed by atoms with Gasteiger partial charge in [0.05, 0.1) is 0 Å². The Morgan fingerprint density at radius 1 is 1.18 bits per heavy atom. The molecule has 0 aliphatic heterocycles. The minimum atomic E-state index is -0.319. The number of hydrogen-bond acceptors (Lipinski definition) is 2. The van der Waals surface area contributed by atoms with Crippen LogP contribution in [-0.2, 0) is 9.59 Å². The Labute approximate surface area is 103 Å². The fourth-order valence-corrected chi connectivity index (χ4v) is 5.08. The first kappa shape index (κ1) is 11.4. The summed E-state index contributed by atoms with van der Waals surface area (Å²) < 4.78 is 0. The summed E-state index contributed by atoms with van der Waals surface area (Å²) in [6, 6.07) is 0. The van der Waals surface area contributed by atoms with E-state index in [0.717, 1.165) is 12.8 Å². The number of rotatable bonds is 1. The van der Waals surface area contributed by atoms with Gasteiger partial charge in [0, 0.05) is 23.2 Å². The molecular formula is C15H22O2. The Bertz CT molecular complexity index is 411. The number of ketones is 2. The predicted octanol–water partition coefficient (Wildman–Crippen LogP) is 2.85. The van der Waals surface area contributed by atoms with Crippen LogP contribution in [0, 0.1) is 34.5 Å². The third-order valence-electron chi connectivity index (χ3n) is 6.13. The van der Waals surface area contributed by atoms with Crippen LogP contribution in [0.3, 0.4) is 0 Å². The van der Waals surface area contributed by atoms with Gasteiger partial charge in [-0.2, -0.15) is 0 Å². The van der Waals surface area contributed by atoms with Crippen LogP contribution in [0.25, 0.3) is 0 Å². The standard InChI is InChI=1S/C15H22O2/c1-8(2)9-5-11-14(3)6-10(9)13(17)15(11,4)7-12(14)16/h8-11H,5-7H2,1-4H3/t9-,10+,11+,14-,15-/m1/s1. The summed E-state index contributed by atoms with van der Waals surface area (Å²) >= 11 is 0. The Morgan fingerprint density at radius 3 is 2.41 bits per heavy atom. The molecule has 4 aliphatic carbocycles. The molecule has 17 heavy (non-hydrogen) atoms. The first-order valence-corrected chi connectivity index (χ1v) is 6.88. The fraction of sp³-hybridized carbons (Fsp3) is 0.867. The van der Waals surface area contributed by atoms with Crippen LogP contribution < -0.4 is 0 Å². The van der Waals surface area contributed by atoms with Crippen LogP contribution in [-0.4, -0.2) is 11.6 Å². The van der Waals surface area contributed by atoms with Crippen LogP contribution >= 0.6 is 0 Å². The molecule has 0 saturated heterocycles. The second kappa shape index (κ2) is 3.02. The van der Waals surface area contributed by atoms with Gasteiger partial charge in [-0.3, -0.25) is 9.59 Å². The van der Waals surface area contributed by atoms with E-state index in [2.05, 4.69) is 20.8 Å². The van der Waals surface area contributed by atoms with E-state index in [1.54, 1.807) is 0 Å². The monoisotopic (exact) mass is 234 g/mol. The van der Waals surface area contributed by atoms with Gasteiger partial charge in [-0.1, -0.05) is 27.7 Å². The molecule has 0 N–H and O–H groups in total. The van der Waals surface area contributed by atoms with Gasteiger partial charge in [0.1, 0.15) is 11.6 Å². The molecule has 2 heteroatoms. The van der Waals surface area contributed by atoms with Crippen LogP contribution in [0.4, 0.5) is 0 Å². The van der Waals surface area contributed by atoms with E-state index in [0.29, 0.717) is 35.7 Å². The minimum Gasteiger partial charge on any atom is -0.299 e. The molecule has 0 aromatic carbocycles. The highest BCUT2D eigenvalue weighted by molar-refractivity contribution is 6.02. The maximum atomic E-state index is 12.6. The van der Waals surface area contributed by atoms with Crippen molar-refractivity contribution >= 4 is 11.6 Å². The summed E-state index contributed by atoms with van der Waals surface area (Å²) in [6.45, 7) is 8.59. The van der Waals surface area contributed by atoms with E-state index in [9.17, 15) is 9.59 Å². The van der Waals surface area contributed by atoms with Crippen molar-refractivity contribution in [1.29, 1.82) is 0 Å². The van der Waals surface area contributed by atoms with Crippen molar-refractivity contribution in [1.82, 2.24) is 0 Å². The van der Waals surface area contributed by atoms with Gasteiger partial charge < -0.3 is 0 Å². The Kier molecular flexibility index (Phi) is 2.03. The zero-order chi connectivity index (χ0) is 12.6. The van der Waals surface area contributed by atoms with Crippen molar-refractivity contribution in [2.24, 2.45) is 34.5 Å². The van der Waals surface area contributed by atoms with Gasteiger partial charge >= 0.3 is 0 Å². The quantitative estimate of drug-likeness (QED) is 0.699. The first-order chi connectivity index (χ1) is 7.80. The summed E-state index contributed by atoms with van der Waals surface area (Å²) in [5, 5.41) is 0. The summed E-state index contributed by atoms with van der Waals surface area (Å²) in [5.41, 5.74) is -0.501. The van der Waals surface area contributed by atoms with E-state index in [1.807, 2.05) is 6.92 Å². The topological polar surface area (TPSA) is 34.1 Å². The summed E-state index contributed by atoms with van der Waals surface area (Å²) in [6.07, 6.45) is 2.43. The normalized spacial score (nSPS) is 52.6. The van der Waals surface area contributed by atoms with Gasteiger partial charge in [-0.15, -0.1) is 0 Å². The molecule has 4 bridgehead atoms. The number of Topliss-reactive ketones (excluding diaryl/α,β-unsaturated/α-hetero) is 2. The van der Waals surface area contributed by atoms with Crippen molar-refractivity contribution in [2.75, 3.05) is 0 Å². The van der Waals surface area contributed by atoms with E-state index in [4.69, 9.17) is 0 Å². The van der Waals surface area contributed by atoms with E-state index in [-0.39, 0.29) is 16.7 Å². The third kappa shape index (κ3) is 1.12. The number of carbonyl (C=O) groups excluding carboxylic acids is 2. The lowest BCUT2D eigenvalue weighted by molar-refractivity contribution is -0.158. The third-order valence-corrected chi connectivity index (χ3v) is 6.13. The highest BCUT2D eigenvalue weighted by Crippen LogP contribution is 2.67. The molecule has 0 radical (unpaired) electrons. The van der Waals surface area contributed by atoms with E-state index >= 15 is 0 Å². The molecule has 94 valence electrons. The molecule has 0 amide bonds. The van der Waals surface area contributed by atoms with Crippen molar-refractivity contribution < 1.29 is 9.59 Å². The largest absolute Gasteiger partial charge is 0.299 e. The second-order valence-corrected chi connectivity index (χ2v) is 7.31. The zero-order valence-corrected chi connectivity index (χ0v) is 11.2. The highest BCUT2D eigenvalue weighted by Gasteiger charge is 2.70. The van der Waals surface area contributed by atoms with Crippen LogP contribution in [0.2, 0.25) is 0 Å². The average Bonchev–Trinajstić information content (AvgIpc) is 2.40. The van der Waals surface area contributed by atoms with Crippen molar-refractivity contribution in [3.8, 4) is 0 Å². The summed E-state index contributed by atoms with van der Waals surface area (Å²) in [7, 11) is 0. The maximum Gasteiger partial charge on any atom is 0.142 e. The molecule has 4 saturated carbocycles. The van der Waals surface area contributed by atoms with Gasteiger partial charge in [-0.05, 0) is 30.6 Å². The lowest BCUT2D eigenvalue weighted by Crippen LogP contribution is -2.56. The lowest BCUT2D eigenvalue weighted by atomic mass is 9.47. The van der Waals surface area contributed by atoms with Gasteiger partial charge in [0.15, 0.2) is 0 Å². The van der Waals surface area contributed by atoms with E-state index in [1.165, 1.54) is 0 Å². The Balaban J connectivity index is 2.08. The molecule has 4 aliphatic rings. The van der Waals surface area contributed by atoms with Crippen molar-refractivity contribution in [2.45, 2.75) is 47.0 Å². The van der Waals surface area contributed by atoms with Gasteiger partial charge in [0.2, 0.25) is 0 Å². The molecule has 0 aromatic heterocycles. The molecule has 4 rings (SSSR count). The van der Waals surface area contributed by atoms with Crippen LogP contribution in [0.5, 0.6) is 0 Å². The highest BCUT2D eigenvalue weighted by atomic mass is 16.1.